The van der Waals surface area contributed by atoms with E-state index in [0.29, 0.717) is 24.0 Å². The highest BCUT2D eigenvalue weighted by Crippen LogP contribution is 2.35. The molecule has 0 saturated carbocycles. The lowest BCUT2D eigenvalue weighted by molar-refractivity contribution is -0.137. The predicted octanol–water partition coefficient (Wildman–Crippen LogP) is 3.54. The van der Waals surface area contributed by atoms with Crippen LogP contribution in [0.15, 0.2) is 12.1 Å². The van der Waals surface area contributed by atoms with Crippen LogP contribution in [-0.2, 0) is 19.0 Å². The van der Waals surface area contributed by atoms with Gasteiger partial charge in [-0.1, -0.05) is 13.8 Å². The van der Waals surface area contributed by atoms with Crippen molar-refractivity contribution in [2.24, 2.45) is 0 Å². The van der Waals surface area contributed by atoms with E-state index in [1.165, 1.54) is 0 Å². The van der Waals surface area contributed by atoms with Crippen LogP contribution in [0, 0.1) is 0 Å². The van der Waals surface area contributed by atoms with E-state index in [2.05, 4.69) is 0 Å². The molecular weight excluding hydrogens is 205 g/mol. The molecule has 0 heterocycles. The summed E-state index contributed by atoms with van der Waals surface area (Å²) in [7, 11) is 0. The summed E-state index contributed by atoms with van der Waals surface area (Å²) in [6, 6.07) is 2.02. The molecule has 0 aromatic heterocycles. The van der Waals surface area contributed by atoms with E-state index in [1.54, 1.807) is 13.8 Å². The quantitative estimate of drug-likeness (QED) is 0.805. The number of aryl methyl sites for hydroxylation is 2. The Morgan fingerprint density at radius 1 is 1.07 bits per heavy atom. The second-order valence-corrected chi connectivity index (χ2v) is 3.35. The molecule has 1 N–H and O–H groups in total. The van der Waals surface area contributed by atoms with Gasteiger partial charge in [-0.05, 0) is 36.1 Å². The van der Waals surface area contributed by atoms with Crippen LogP contribution in [0.1, 0.15) is 30.5 Å². The number of rotatable bonds is 2. The predicted molar refractivity (Wildman–Crippen MR) is 51.9 cm³/mol. The van der Waals surface area contributed by atoms with Crippen molar-refractivity contribution in [2.75, 3.05) is 0 Å². The van der Waals surface area contributed by atoms with E-state index >= 15 is 0 Å². The molecule has 0 amide bonds. The number of hydrogen-bond acceptors (Lipinski definition) is 1. The lowest BCUT2D eigenvalue weighted by Gasteiger charge is -2.13. The van der Waals surface area contributed by atoms with Gasteiger partial charge in [0.25, 0.3) is 0 Å². The molecule has 0 saturated heterocycles. The van der Waals surface area contributed by atoms with Crippen LogP contribution in [0.2, 0.25) is 0 Å². The highest BCUT2D eigenvalue weighted by atomic mass is 19.4. The molecule has 84 valence electrons. The summed E-state index contributed by atoms with van der Waals surface area (Å²) in [6.45, 7) is 3.43. The number of alkyl halides is 3. The Kier molecular flexibility index (Phi) is 3.27. The molecule has 0 aliphatic carbocycles. The van der Waals surface area contributed by atoms with Gasteiger partial charge in [0.2, 0.25) is 0 Å². The van der Waals surface area contributed by atoms with Crippen LogP contribution >= 0.6 is 0 Å². The fraction of sp³-hybridized carbons (Fsp3) is 0.455. The zero-order valence-corrected chi connectivity index (χ0v) is 8.65. The molecule has 0 aliphatic heterocycles. The molecule has 1 aromatic rings. The first-order valence-corrected chi connectivity index (χ1v) is 4.82. The van der Waals surface area contributed by atoms with E-state index < -0.39 is 11.7 Å². The molecule has 4 heteroatoms. The summed E-state index contributed by atoms with van der Waals surface area (Å²) < 4.78 is 37.4. The molecule has 0 aliphatic rings. The molecule has 0 atom stereocenters. The molecular formula is C11H13F3O. The molecule has 0 unspecified atom stereocenters. The van der Waals surface area contributed by atoms with E-state index in [9.17, 15) is 18.3 Å². The average molecular weight is 218 g/mol. The topological polar surface area (TPSA) is 20.2 Å². The van der Waals surface area contributed by atoms with Crippen molar-refractivity contribution in [3.63, 3.8) is 0 Å². The van der Waals surface area contributed by atoms with Crippen LogP contribution in [0.3, 0.4) is 0 Å². The maximum Gasteiger partial charge on any atom is 0.416 e. The van der Waals surface area contributed by atoms with E-state index in [-0.39, 0.29) is 5.75 Å². The number of hydrogen-bond donors (Lipinski definition) is 1. The minimum atomic E-state index is -4.35. The van der Waals surface area contributed by atoms with Crippen molar-refractivity contribution >= 4 is 0 Å². The lowest BCUT2D eigenvalue weighted by atomic mass is 10.0. The first kappa shape index (κ1) is 11.9. The van der Waals surface area contributed by atoms with Gasteiger partial charge in [0.05, 0.1) is 5.56 Å². The third-order valence-electron chi connectivity index (χ3n) is 2.36. The fourth-order valence-corrected chi connectivity index (χ4v) is 1.46. The molecule has 1 rings (SSSR count). The SMILES string of the molecule is CCc1cc(C(F)(F)F)cc(CC)c1O. The second kappa shape index (κ2) is 4.13. The number of halogens is 3. The zero-order valence-electron chi connectivity index (χ0n) is 8.65. The van der Waals surface area contributed by atoms with Crippen LogP contribution in [0.25, 0.3) is 0 Å². The van der Waals surface area contributed by atoms with Crippen molar-refractivity contribution in [2.45, 2.75) is 32.9 Å². The van der Waals surface area contributed by atoms with E-state index in [1.807, 2.05) is 0 Å². The van der Waals surface area contributed by atoms with Gasteiger partial charge in [0, 0.05) is 0 Å². The third kappa shape index (κ3) is 2.43. The second-order valence-electron chi connectivity index (χ2n) is 3.35. The Balaban J connectivity index is 3.33. The average Bonchev–Trinajstić information content (AvgIpc) is 2.16. The van der Waals surface area contributed by atoms with E-state index in [0.717, 1.165) is 12.1 Å². The van der Waals surface area contributed by atoms with Gasteiger partial charge in [0.1, 0.15) is 5.75 Å². The van der Waals surface area contributed by atoms with Crippen molar-refractivity contribution in [1.82, 2.24) is 0 Å². The molecule has 0 radical (unpaired) electrons. The van der Waals surface area contributed by atoms with Crippen molar-refractivity contribution in [1.29, 1.82) is 0 Å². The Labute approximate surface area is 86.5 Å². The third-order valence-corrected chi connectivity index (χ3v) is 2.36. The minimum absolute atomic E-state index is 0.00648. The van der Waals surface area contributed by atoms with Crippen LogP contribution < -0.4 is 0 Å². The Morgan fingerprint density at radius 2 is 1.47 bits per heavy atom. The summed E-state index contributed by atoms with van der Waals surface area (Å²) in [5, 5.41) is 9.61. The first-order chi connectivity index (χ1) is 6.90. The Hall–Kier alpha value is -1.19. The standard InChI is InChI=1S/C11H13F3O/c1-3-7-5-9(11(12,13)14)6-8(4-2)10(7)15/h5-6,15H,3-4H2,1-2H3. The van der Waals surface area contributed by atoms with Crippen LogP contribution in [0.5, 0.6) is 5.75 Å². The largest absolute Gasteiger partial charge is 0.507 e. The summed E-state index contributed by atoms with van der Waals surface area (Å²) in [5.41, 5.74) is 0.0114. The zero-order chi connectivity index (χ0) is 11.6. The maximum atomic E-state index is 12.5. The molecule has 0 bridgehead atoms. The van der Waals surface area contributed by atoms with Gasteiger partial charge in [-0.3, -0.25) is 0 Å². The van der Waals surface area contributed by atoms with Gasteiger partial charge >= 0.3 is 6.18 Å². The van der Waals surface area contributed by atoms with Crippen LogP contribution in [-0.4, -0.2) is 5.11 Å². The molecule has 0 fully saturated rings. The molecule has 1 aromatic carbocycles. The van der Waals surface area contributed by atoms with E-state index in [4.69, 9.17) is 0 Å². The monoisotopic (exact) mass is 218 g/mol. The smallest absolute Gasteiger partial charge is 0.416 e. The molecule has 1 nitrogen and oxygen atoms in total. The van der Waals surface area contributed by atoms with Crippen molar-refractivity contribution < 1.29 is 18.3 Å². The maximum absolute atomic E-state index is 12.5. The Morgan fingerprint density at radius 3 is 1.73 bits per heavy atom. The fourth-order valence-electron chi connectivity index (χ4n) is 1.46. The molecule has 15 heavy (non-hydrogen) atoms. The van der Waals surface area contributed by atoms with Gasteiger partial charge in [-0.2, -0.15) is 13.2 Å². The van der Waals surface area contributed by atoms with Gasteiger partial charge < -0.3 is 5.11 Å². The van der Waals surface area contributed by atoms with Crippen LogP contribution in [0.4, 0.5) is 13.2 Å². The molecule has 0 spiro atoms. The summed E-state index contributed by atoms with van der Waals surface area (Å²) >= 11 is 0. The highest BCUT2D eigenvalue weighted by Gasteiger charge is 2.31. The lowest BCUT2D eigenvalue weighted by Crippen LogP contribution is -2.07. The number of aromatic hydroxyl groups is 1. The minimum Gasteiger partial charge on any atom is -0.507 e. The number of phenolic OH excluding ortho intramolecular Hbond substituents is 1. The Bertz CT molecular complexity index is 330. The van der Waals surface area contributed by atoms with Crippen molar-refractivity contribution in [3.8, 4) is 5.75 Å². The summed E-state index contributed by atoms with van der Waals surface area (Å²) in [5.74, 6) is -0.00648. The van der Waals surface area contributed by atoms with Gasteiger partial charge in [-0.25, -0.2) is 0 Å². The highest BCUT2D eigenvalue weighted by molar-refractivity contribution is 5.44. The summed E-state index contributed by atoms with van der Waals surface area (Å²) in [6.07, 6.45) is -3.56. The summed E-state index contributed by atoms with van der Waals surface area (Å²) in [4.78, 5) is 0. The normalized spacial score (nSPS) is 11.8. The number of benzene rings is 1. The van der Waals surface area contributed by atoms with Gasteiger partial charge in [-0.15, -0.1) is 0 Å². The number of phenols is 1. The first-order valence-electron chi connectivity index (χ1n) is 4.82. The van der Waals surface area contributed by atoms with Gasteiger partial charge in [0.15, 0.2) is 0 Å². The van der Waals surface area contributed by atoms with Crippen molar-refractivity contribution in [3.05, 3.63) is 28.8 Å².